The lowest BCUT2D eigenvalue weighted by Crippen LogP contribution is -2.29. The summed E-state index contributed by atoms with van der Waals surface area (Å²) in [5.41, 5.74) is 4.81. The molecule has 0 amide bonds. The molecule has 0 unspecified atom stereocenters. The Hall–Kier alpha value is -1.07. The highest BCUT2D eigenvalue weighted by molar-refractivity contribution is 7.90. The van der Waals surface area contributed by atoms with Crippen LogP contribution >= 0.6 is 0 Å². The van der Waals surface area contributed by atoms with Crippen LogP contribution in [0.2, 0.25) is 0 Å². The zero-order valence-corrected chi connectivity index (χ0v) is 12.1. The SMILES string of the molecule is Cc1cc(C)c(C)c(NS(=O)(=O)N(C)C)c1C. The number of rotatable bonds is 3. The van der Waals surface area contributed by atoms with Crippen LogP contribution in [0.1, 0.15) is 22.3 Å². The standard InChI is InChI=1S/C12H20N2O2S/c1-8-7-9(2)11(4)12(10(8)3)13-17(15,16)14(5)6/h7,13H,1-6H3. The average Bonchev–Trinajstić information content (AvgIpc) is 2.21. The average molecular weight is 256 g/mol. The van der Waals surface area contributed by atoms with Crippen molar-refractivity contribution in [2.75, 3.05) is 18.8 Å². The largest absolute Gasteiger partial charge is 0.301 e. The molecule has 0 saturated heterocycles. The van der Waals surface area contributed by atoms with Gasteiger partial charge in [0.2, 0.25) is 0 Å². The Morgan fingerprint density at radius 1 is 1.00 bits per heavy atom. The third kappa shape index (κ3) is 2.79. The maximum Gasteiger partial charge on any atom is 0.301 e. The summed E-state index contributed by atoms with van der Waals surface area (Å²) < 4.78 is 27.5. The molecule has 17 heavy (non-hydrogen) atoms. The first-order valence-electron chi connectivity index (χ1n) is 5.44. The molecule has 1 aromatic rings. The quantitative estimate of drug-likeness (QED) is 0.900. The molecule has 0 aromatic heterocycles. The summed E-state index contributed by atoms with van der Waals surface area (Å²) >= 11 is 0. The van der Waals surface area contributed by atoms with Gasteiger partial charge in [0.05, 0.1) is 5.69 Å². The van der Waals surface area contributed by atoms with Gasteiger partial charge in [0, 0.05) is 14.1 Å². The Kier molecular flexibility index (Phi) is 3.84. The zero-order valence-electron chi connectivity index (χ0n) is 11.2. The van der Waals surface area contributed by atoms with Crippen molar-refractivity contribution in [2.24, 2.45) is 0 Å². The van der Waals surface area contributed by atoms with Crippen LogP contribution in [0.5, 0.6) is 0 Å². The molecule has 0 spiro atoms. The summed E-state index contributed by atoms with van der Waals surface area (Å²) in [5, 5.41) is 0. The number of hydrogen-bond donors (Lipinski definition) is 1. The first kappa shape index (κ1) is 14.0. The first-order chi connectivity index (χ1) is 7.66. The van der Waals surface area contributed by atoms with Gasteiger partial charge >= 0.3 is 10.2 Å². The minimum Gasteiger partial charge on any atom is -0.270 e. The number of anilines is 1. The summed E-state index contributed by atoms with van der Waals surface area (Å²) in [5.74, 6) is 0. The number of nitrogens with zero attached hydrogens (tertiary/aromatic N) is 1. The molecule has 0 heterocycles. The number of aryl methyl sites for hydroxylation is 2. The maximum atomic E-state index is 11.8. The second-order valence-corrected chi connectivity index (χ2v) is 6.41. The Morgan fingerprint density at radius 2 is 1.41 bits per heavy atom. The number of nitrogens with one attached hydrogen (secondary N) is 1. The lowest BCUT2D eigenvalue weighted by atomic mass is 9.99. The van der Waals surface area contributed by atoms with Crippen molar-refractivity contribution in [1.82, 2.24) is 4.31 Å². The van der Waals surface area contributed by atoms with Crippen LogP contribution in [0.25, 0.3) is 0 Å². The van der Waals surface area contributed by atoms with Crippen LogP contribution in [0.4, 0.5) is 5.69 Å². The normalized spacial score (nSPS) is 11.9. The van der Waals surface area contributed by atoms with Crippen LogP contribution < -0.4 is 4.72 Å². The second-order valence-electron chi connectivity index (χ2n) is 4.52. The molecule has 4 nitrogen and oxygen atoms in total. The van der Waals surface area contributed by atoms with Crippen LogP contribution in [0.3, 0.4) is 0 Å². The molecule has 0 aliphatic carbocycles. The van der Waals surface area contributed by atoms with Crippen molar-refractivity contribution in [1.29, 1.82) is 0 Å². The Balaban J connectivity index is 3.34. The Morgan fingerprint density at radius 3 is 1.76 bits per heavy atom. The molecule has 0 bridgehead atoms. The van der Waals surface area contributed by atoms with Gasteiger partial charge in [-0.15, -0.1) is 0 Å². The van der Waals surface area contributed by atoms with E-state index in [1.807, 2.05) is 27.7 Å². The third-order valence-electron chi connectivity index (χ3n) is 3.08. The summed E-state index contributed by atoms with van der Waals surface area (Å²) in [4.78, 5) is 0. The molecule has 1 N–H and O–H groups in total. The van der Waals surface area contributed by atoms with Gasteiger partial charge < -0.3 is 0 Å². The fraction of sp³-hybridized carbons (Fsp3) is 0.500. The fourth-order valence-corrected chi connectivity index (χ4v) is 2.34. The molecule has 1 rings (SSSR count). The molecule has 5 heteroatoms. The van der Waals surface area contributed by atoms with E-state index in [-0.39, 0.29) is 0 Å². The van der Waals surface area contributed by atoms with Crippen LogP contribution in [0.15, 0.2) is 6.07 Å². The lowest BCUT2D eigenvalue weighted by molar-refractivity contribution is 0.526. The van der Waals surface area contributed by atoms with Crippen LogP contribution in [0, 0.1) is 27.7 Å². The van der Waals surface area contributed by atoms with E-state index in [1.54, 1.807) is 0 Å². The molecule has 0 aliphatic rings. The first-order valence-corrected chi connectivity index (χ1v) is 6.88. The summed E-state index contributed by atoms with van der Waals surface area (Å²) in [6.07, 6.45) is 0. The van der Waals surface area contributed by atoms with Gasteiger partial charge in [-0.05, 0) is 49.9 Å². The summed E-state index contributed by atoms with van der Waals surface area (Å²) in [7, 11) is -0.427. The molecule has 0 fully saturated rings. The monoisotopic (exact) mass is 256 g/mol. The zero-order chi connectivity index (χ0) is 13.4. The van der Waals surface area contributed by atoms with Gasteiger partial charge in [-0.3, -0.25) is 4.72 Å². The fourth-order valence-electron chi connectivity index (χ4n) is 1.59. The maximum absolute atomic E-state index is 11.8. The highest BCUT2D eigenvalue weighted by Crippen LogP contribution is 2.27. The third-order valence-corrected chi connectivity index (χ3v) is 4.50. The van der Waals surface area contributed by atoms with E-state index in [1.165, 1.54) is 18.4 Å². The molecule has 0 radical (unpaired) electrons. The van der Waals surface area contributed by atoms with Crippen molar-refractivity contribution in [2.45, 2.75) is 27.7 Å². The van der Waals surface area contributed by atoms with Crippen molar-refractivity contribution < 1.29 is 8.42 Å². The number of benzene rings is 1. The topological polar surface area (TPSA) is 49.4 Å². The highest BCUT2D eigenvalue weighted by atomic mass is 32.2. The molecule has 96 valence electrons. The van der Waals surface area contributed by atoms with Crippen molar-refractivity contribution in [3.05, 3.63) is 28.3 Å². The van der Waals surface area contributed by atoms with Gasteiger partial charge in [-0.25, -0.2) is 0 Å². The van der Waals surface area contributed by atoms with Gasteiger partial charge in [-0.2, -0.15) is 12.7 Å². The predicted octanol–water partition coefficient (Wildman–Crippen LogP) is 2.14. The number of hydrogen-bond acceptors (Lipinski definition) is 2. The van der Waals surface area contributed by atoms with E-state index in [4.69, 9.17) is 0 Å². The van der Waals surface area contributed by atoms with Crippen molar-refractivity contribution in [3.8, 4) is 0 Å². The molecule has 0 atom stereocenters. The minimum atomic E-state index is -3.45. The van der Waals surface area contributed by atoms with E-state index >= 15 is 0 Å². The molecular weight excluding hydrogens is 236 g/mol. The van der Waals surface area contributed by atoms with Gasteiger partial charge in [-0.1, -0.05) is 6.07 Å². The molecule has 1 aromatic carbocycles. The molecular formula is C12H20N2O2S. The summed E-state index contributed by atoms with van der Waals surface area (Å²) in [6.45, 7) is 7.81. The summed E-state index contributed by atoms with van der Waals surface area (Å²) in [6, 6.07) is 2.07. The Bertz CT molecular complexity index is 508. The van der Waals surface area contributed by atoms with Gasteiger partial charge in [0.1, 0.15) is 0 Å². The second kappa shape index (κ2) is 4.66. The Labute approximate surface area is 104 Å². The molecule has 0 aliphatic heterocycles. The van der Waals surface area contributed by atoms with Gasteiger partial charge in [0.25, 0.3) is 0 Å². The molecule has 0 saturated carbocycles. The van der Waals surface area contributed by atoms with E-state index in [0.29, 0.717) is 5.69 Å². The minimum absolute atomic E-state index is 0.691. The van der Waals surface area contributed by atoms with E-state index in [0.717, 1.165) is 22.3 Å². The van der Waals surface area contributed by atoms with Crippen molar-refractivity contribution in [3.63, 3.8) is 0 Å². The van der Waals surface area contributed by atoms with Crippen LogP contribution in [-0.4, -0.2) is 26.8 Å². The van der Waals surface area contributed by atoms with E-state index in [9.17, 15) is 8.42 Å². The van der Waals surface area contributed by atoms with Crippen LogP contribution in [-0.2, 0) is 10.2 Å². The predicted molar refractivity (Wildman–Crippen MR) is 71.6 cm³/mol. The van der Waals surface area contributed by atoms with Crippen molar-refractivity contribution >= 4 is 15.9 Å². The highest BCUT2D eigenvalue weighted by Gasteiger charge is 2.17. The smallest absolute Gasteiger partial charge is 0.270 e. The van der Waals surface area contributed by atoms with E-state index in [2.05, 4.69) is 10.8 Å². The van der Waals surface area contributed by atoms with E-state index < -0.39 is 10.2 Å². The van der Waals surface area contributed by atoms with Gasteiger partial charge in [0.15, 0.2) is 0 Å². The lowest BCUT2D eigenvalue weighted by Gasteiger charge is -2.19.